The molecule has 0 fully saturated rings. The standard InChI is InChI=1S/C13H9FN2O4S/c1-7-2-5-11(16(19)20)12(15-7)21-8-3-4-10(14)9(6-8)13(17)18/h2-6H,1H3,(H,17,18). The number of aromatic carboxylic acids is 1. The number of hydrogen-bond donors (Lipinski definition) is 1. The number of pyridine rings is 1. The van der Waals surface area contributed by atoms with Crippen molar-refractivity contribution in [3.63, 3.8) is 0 Å². The first-order valence-electron chi connectivity index (χ1n) is 5.71. The van der Waals surface area contributed by atoms with E-state index in [0.717, 1.165) is 23.9 Å². The highest BCUT2D eigenvalue weighted by Crippen LogP contribution is 2.34. The molecule has 6 nitrogen and oxygen atoms in total. The lowest BCUT2D eigenvalue weighted by Gasteiger charge is -2.05. The summed E-state index contributed by atoms with van der Waals surface area (Å²) in [5, 5.41) is 19.9. The van der Waals surface area contributed by atoms with Crippen LogP contribution in [-0.4, -0.2) is 21.0 Å². The second-order valence-electron chi connectivity index (χ2n) is 4.08. The number of nitrogens with zero attached hydrogens (tertiary/aromatic N) is 2. The zero-order valence-corrected chi connectivity index (χ0v) is 11.6. The minimum absolute atomic E-state index is 0.128. The second kappa shape index (κ2) is 5.88. The van der Waals surface area contributed by atoms with Gasteiger partial charge in [0.1, 0.15) is 5.82 Å². The fourth-order valence-electron chi connectivity index (χ4n) is 1.58. The molecule has 0 aliphatic heterocycles. The lowest BCUT2D eigenvalue weighted by atomic mass is 10.2. The molecule has 1 aromatic heterocycles. The molecule has 0 radical (unpaired) electrons. The zero-order chi connectivity index (χ0) is 15.6. The monoisotopic (exact) mass is 308 g/mol. The van der Waals surface area contributed by atoms with E-state index in [4.69, 9.17) is 5.11 Å². The molecule has 2 rings (SSSR count). The van der Waals surface area contributed by atoms with Gasteiger partial charge in [-0.25, -0.2) is 14.2 Å². The van der Waals surface area contributed by atoms with Crippen LogP contribution in [0.5, 0.6) is 0 Å². The third kappa shape index (κ3) is 3.34. The number of hydrogen-bond acceptors (Lipinski definition) is 5. The molecule has 0 unspecified atom stereocenters. The van der Waals surface area contributed by atoms with Gasteiger partial charge in [0.05, 0.1) is 10.5 Å². The molecular weight excluding hydrogens is 299 g/mol. The summed E-state index contributed by atoms with van der Waals surface area (Å²) in [6.45, 7) is 1.68. The summed E-state index contributed by atoms with van der Waals surface area (Å²) in [6, 6.07) is 6.31. The molecule has 1 heterocycles. The summed E-state index contributed by atoms with van der Waals surface area (Å²) in [5.41, 5.74) is -0.0919. The highest BCUT2D eigenvalue weighted by Gasteiger charge is 2.18. The smallest absolute Gasteiger partial charge is 0.338 e. The van der Waals surface area contributed by atoms with Crippen molar-refractivity contribution in [2.45, 2.75) is 16.8 Å². The molecule has 0 aliphatic carbocycles. The summed E-state index contributed by atoms with van der Waals surface area (Å²) in [6.07, 6.45) is 0. The molecule has 0 saturated carbocycles. The van der Waals surface area contributed by atoms with Crippen LogP contribution in [0.25, 0.3) is 0 Å². The molecule has 2 aromatic rings. The van der Waals surface area contributed by atoms with E-state index >= 15 is 0 Å². The third-order valence-electron chi connectivity index (χ3n) is 2.56. The molecule has 21 heavy (non-hydrogen) atoms. The molecule has 0 saturated heterocycles. The number of rotatable bonds is 4. The molecule has 1 N–H and O–H groups in total. The van der Waals surface area contributed by atoms with Gasteiger partial charge in [-0.15, -0.1) is 0 Å². The number of aryl methyl sites for hydroxylation is 1. The second-order valence-corrected chi connectivity index (χ2v) is 5.15. The summed E-state index contributed by atoms with van der Waals surface area (Å²) >= 11 is 0.914. The topological polar surface area (TPSA) is 93.3 Å². The number of carboxylic acids is 1. The van der Waals surface area contributed by atoms with Crippen LogP contribution >= 0.6 is 11.8 Å². The largest absolute Gasteiger partial charge is 0.478 e. The van der Waals surface area contributed by atoms with E-state index in [1.165, 1.54) is 18.2 Å². The highest BCUT2D eigenvalue weighted by atomic mass is 32.2. The lowest BCUT2D eigenvalue weighted by molar-refractivity contribution is -0.388. The number of aromatic nitrogens is 1. The first kappa shape index (κ1) is 14.9. The zero-order valence-electron chi connectivity index (χ0n) is 10.7. The van der Waals surface area contributed by atoms with Crippen LogP contribution in [0, 0.1) is 22.9 Å². The average molecular weight is 308 g/mol. The Bertz CT molecular complexity index is 736. The summed E-state index contributed by atoms with van der Waals surface area (Å²) in [5.74, 6) is -2.26. The maximum Gasteiger partial charge on any atom is 0.338 e. The van der Waals surface area contributed by atoms with Gasteiger partial charge >= 0.3 is 11.7 Å². The number of carbonyl (C=O) groups is 1. The van der Waals surface area contributed by atoms with Gasteiger partial charge in [-0.1, -0.05) is 11.8 Å². The first-order valence-corrected chi connectivity index (χ1v) is 6.53. The van der Waals surface area contributed by atoms with E-state index in [-0.39, 0.29) is 10.7 Å². The molecule has 108 valence electrons. The first-order chi connectivity index (χ1) is 9.88. The van der Waals surface area contributed by atoms with Crippen molar-refractivity contribution in [3.05, 3.63) is 57.5 Å². The Kier molecular flexibility index (Phi) is 4.18. The van der Waals surface area contributed by atoms with Crippen LogP contribution in [0.2, 0.25) is 0 Å². The Morgan fingerprint density at radius 1 is 1.38 bits per heavy atom. The van der Waals surface area contributed by atoms with Crippen LogP contribution in [0.3, 0.4) is 0 Å². The molecule has 0 aliphatic rings. The average Bonchev–Trinajstić information content (AvgIpc) is 2.40. The number of carboxylic acid groups (broad SMARTS) is 1. The van der Waals surface area contributed by atoms with Crippen molar-refractivity contribution >= 4 is 23.4 Å². The molecule has 0 bridgehead atoms. The van der Waals surface area contributed by atoms with Gasteiger partial charge < -0.3 is 5.11 Å². The third-order valence-corrected chi connectivity index (χ3v) is 3.54. The van der Waals surface area contributed by atoms with E-state index in [0.29, 0.717) is 10.6 Å². The van der Waals surface area contributed by atoms with E-state index in [1.807, 2.05) is 0 Å². The lowest BCUT2D eigenvalue weighted by Crippen LogP contribution is -2.00. The molecular formula is C13H9FN2O4S. The minimum atomic E-state index is -1.40. The molecule has 0 spiro atoms. The number of halogens is 1. The predicted octanol–water partition coefficient (Wildman–Crippen LogP) is 3.29. The molecule has 0 atom stereocenters. The Morgan fingerprint density at radius 2 is 2.10 bits per heavy atom. The summed E-state index contributed by atoms with van der Waals surface area (Å²) < 4.78 is 13.3. The maximum atomic E-state index is 13.3. The van der Waals surface area contributed by atoms with E-state index < -0.39 is 22.3 Å². The Balaban J connectivity index is 2.43. The normalized spacial score (nSPS) is 10.4. The summed E-state index contributed by atoms with van der Waals surface area (Å²) in [7, 11) is 0. The molecule has 1 aromatic carbocycles. The van der Waals surface area contributed by atoms with Crippen molar-refractivity contribution in [1.29, 1.82) is 0 Å². The van der Waals surface area contributed by atoms with Crippen molar-refractivity contribution < 1.29 is 19.2 Å². The predicted molar refractivity (Wildman–Crippen MR) is 73.1 cm³/mol. The summed E-state index contributed by atoms with van der Waals surface area (Å²) in [4.78, 5) is 25.7. The van der Waals surface area contributed by atoms with Crippen LogP contribution in [-0.2, 0) is 0 Å². The fraction of sp³-hybridized carbons (Fsp3) is 0.0769. The van der Waals surface area contributed by atoms with Crippen molar-refractivity contribution in [2.24, 2.45) is 0 Å². The maximum absolute atomic E-state index is 13.3. The van der Waals surface area contributed by atoms with Gasteiger partial charge in [-0.2, -0.15) is 0 Å². The van der Waals surface area contributed by atoms with Gasteiger partial charge in [-0.3, -0.25) is 10.1 Å². The quantitative estimate of drug-likeness (QED) is 0.688. The minimum Gasteiger partial charge on any atom is -0.478 e. The van der Waals surface area contributed by atoms with Crippen LogP contribution in [0.1, 0.15) is 16.1 Å². The van der Waals surface area contributed by atoms with E-state index in [9.17, 15) is 19.3 Å². The van der Waals surface area contributed by atoms with Gasteiger partial charge in [-0.05, 0) is 31.2 Å². The van der Waals surface area contributed by atoms with Crippen LogP contribution in [0.15, 0.2) is 40.3 Å². The number of benzene rings is 1. The van der Waals surface area contributed by atoms with Crippen molar-refractivity contribution in [2.75, 3.05) is 0 Å². The van der Waals surface area contributed by atoms with Crippen LogP contribution < -0.4 is 0 Å². The fourth-order valence-corrected chi connectivity index (χ4v) is 2.56. The van der Waals surface area contributed by atoms with Crippen molar-refractivity contribution in [1.82, 2.24) is 4.98 Å². The van der Waals surface area contributed by atoms with Gasteiger partial charge in [0.2, 0.25) is 0 Å². The van der Waals surface area contributed by atoms with Crippen molar-refractivity contribution in [3.8, 4) is 0 Å². The SMILES string of the molecule is Cc1ccc([N+](=O)[O-])c(Sc2ccc(F)c(C(=O)O)c2)n1. The van der Waals surface area contributed by atoms with E-state index in [1.54, 1.807) is 6.92 Å². The Hall–Kier alpha value is -2.48. The van der Waals surface area contributed by atoms with Crippen LogP contribution in [0.4, 0.5) is 10.1 Å². The Morgan fingerprint density at radius 3 is 2.71 bits per heavy atom. The van der Waals surface area contributed by atoms with Gasteiger partial charge in [0.15, 0.2) is 5.03 Å². The highest BCUT2D eigenvalue weighted by molar-refractivity contribution is 7.99. The van der Waals surface area contributed by atoms with E-state index in [2.05, 4.69) is 4.98 Å². The number of nitro groups is 1. The Labute approximate surface area is 122 Å². The van der Waals surface area contributed by atoms with Gasteiger partial charge in [0, 0.05) is 16.7 Å². The molecule has 8 heteroatoms. The van der Waals surface area contributed by atoms with Gasteiger partial charge in [0.25, 0.3) is 0 Å². The molecule has 0 amide bonds.